The van der Waals surface area contributed by atoms with Crippen LogP contribution in [0.25, 0.3) is 22.4 Å². The van der Waals surface area contributed by atoms with Crippen molar-refractivity contribution in [1.82, 2.24) is 19.4 Å². The van der Waals surface area contributed by atoms with Crippen molar-refractivity contribution in [3.8, 4) is 17.1 Å². The Morgan fingerprint density at radius 2 is 2.13 bits per heavy atom. The first kappa shape index (κ1) is 21.1. The summed E-state index contributed by atoms with van der Waals surface area (Å²) in [5.41, 5.74) is 9.32. The highest BCUT2D eigenvalue weighted by Gasteiger charge is 2.46. The van der Waals surface area contributed by atoms with Gasteiger partial charge in [-0.15, -0.1) is 12.4 Å². The summed E-state index contributed by atoms with van der Waals surface area (Å²) in [7, 11) is 3.55. The van der Waals surface area contributed by atoms with Crippen LogP contribution >= 0.6 is 28.3 Å². The molecule has 0 unspecified atom stereocenters. The van der Waals surface area contributed by atoms with Crippen LogP contribution in [0.5, 0.6) is 5.75 Å². The normalized spacial score (nSPS) is 22.4. The molecule has 2 aliphatic rings. The van der Waals surface area contributed by atoms with E-state index in [-0.39, 0.29) is 30.4 Å². The van der Waals surface area contributed by atoms with Gasteiger partial charge in [-0.05, 0) is 59.0 Å². The molecule has 5 rings (SSSR count). The SMILES string of the molecule is COc1cc(C(=O)N2C[C@H]3CC[C@@H]2[C@@H]3N)cc2nc(-c3cccnc3Br)n(C)c12.Cl. The fourth-order valence-electron chi connectivity index (χ4n) is 4.83. The molecule has 1 saturated carbocycles. The summed E-state index contributed by atoms with van der Waals surface area (Å²) in [6.07, 6.45) is 3.82. The molecule has 1 aliphatic heterocycles. The van der Waals surface area contributed by atoms with Gasteiger partial charge in [-0.3, -0.25) is 4.79 Å². The number of carbonyl (C=O) groups excluding carboxylic acids is 1. The summed E-state index contributed by atoms with van der Waals surface area (Å²) in [6, 6.07) is 7.72. The number of nitrogens with zero attached hydrogens (tertiary/aromatic N) is 4. The minimum atomic E-state index is 0. The third-order valence-electron chi connectivity index (χ3n) is 6.32. The van der Waals surface area contributed by atoms with Crippen LogP contribution in [0.4, 0.5) is 0 Å². The van der Waals surface area contributed by atoms with E-state index in [1.807, 2.05) is 40.8 Å². The van der Waals surface area contributed by atoms with Crippen molar-refractivity contribution in [2.75, 3.05) is 13.7 Å². The molecule has 30 heavy (non-hydrogen) atoms. The number of hydrogen-bond donors (Lipinski definition) is 1. The number of imidazole rings is 1. The fourth-order valence-corrected chi connectivity index (χ4v) is 5.26. The number of aryl methyl sites for hydroxylation is 1. The Morgan fingerprint density at radius 3 is 2.77 bits per heavy atom. The Kier molecular flexibility index (Phi) is 5.50. The summed E-state index contributed by atoms with van der Waals surface area (Å²) < 4.78 is 8.33. The molecular weight excluding hydrogens is 470 g/mol. The lowest BCUT2D eigenvalue weighted by atomic mass is 10.1. The molecule has 158 valence electrons. The van der Waals surface area contributed by atoms with Gasteiger partial charge in [0.15, 0.2) is 0 Å². The zero-order valence-electron chi connectivity index (χ0n) is 16.7. The fraction of sp³-hybridized carbons (Fsp3) is 0.381. The second-order valence-electron chi connectivity index (χ2n) is 7.82. The molecule has 1 saturated heterocycles. The van der Waals surface area contributed by atoms with Crippen LogP contribution in [-0.2, 0) is 7.05 Å². The first-order valence-electron chi connectivity index (χ1n) is 9.71. The summed E-state index contributed by atoms with van der Waals surface area (Å²) in [4.78, 5) is 24.3. The van der Waals surface area contributed by atoms with Gasteiger partial charge in [-0.25, -0.2) is 9.97 Å². The maximum Gasteiger partial charge on any atom is 0.254 e. The monoisotopic (exact) mass is 491 g/mol. The van der Waals surface area contributed by atoms with Crippen molar-refractivity contribution in [2.45, 2.75) is 24.9 Å². The maximum absolute atomic E-state index is 13.3. The topological polar surface area (TPSA) is 86.3 Å². The Morgan fingerprint density at radius 1 is 1.33 bits per heavy atom. The van der Waals surface area contributed by atoms with Crippen molar-refractivity contribution in [1.29, 1.82) is 0 Å². The third kappa shape index (κ3) is 3.09. The Bertz CT molecular complexity index is 1130. The first-order valence-corrected chi connectivity index (χ1v) is 10.5. The van der Waals surface area contributed by atoms with Gasteiger partial charge in [0.2, 0.25) is 0 Å². The molecule has 3 heterocycles. The summed E-state index contributed by atoms with van der Waals surface area (Å²) in [5.74, 6) is 1.80. The molecule has 2 bridgehead atoms. The number of carbonyl (C=O) groups is 1. The summed E-state index contributed by atoms with van der Waals surface area (Å²) >= 11 is 3.50. The molecule has 2 N–H and O–H groups in total. The largest absolute Gasteiger partial charge is 0.494 e. The molecule has 2 aromatic heterocycles. The minimum absolute atomic E-state index is 0. The summed E-state index contributed by atoms with van der Waals surface area (Å²) in [5, 5.41) is 0. The Hall–Kier alpha value is -2.16. The van der Waals surface area contributed by atoms with Gasteiger partial charge >= 0.3 is 0 Å². The molecule has 1 aliphatic carbocycles. The number of nitrogens with two attached hydrogens (primary N) is 1. The van der Waals surface area contributed by atoms with Gasteiger partial charge in [0.25, 0.3) is 5.91 Å². The number of piperidine rings is 1. The number of likely N-dealkylation sites (tertiary alicyclic amines) is 1. The molecule has 3 atom stereocenters. The predicted octanol–water partition coefficient (Wildman–Crippen LogP) is 3.39. The van der Waals surface area contributed by atoms with Gasteiger partial charge in [-0.2, -0.15) is 0 Å². The van der Waals surface area contributed by atoms with Crippen LogP contribution in [0.1, 0.15) is 23.2 Å². The van der Waals surface area contributed by atoms with Crippen molar-refractivity contribution >= 4 is 45.3 Å². The lowest BCUT2D eigenvalue weighted by Gasteiger charge is -2.27. The van der Waals surface area contributed by atoms with E-state index < -0.39 is 0 Å². The minimum Gasteiger partial charge on any atom is -0.494 e. The molecule has 3 aromatic rings. The lowest BCUT2D eigenvalue weighted by Crippen LogP contribution is -2.41. The highest BCUT2D eigenvalue weighted by molar-refractivity contribution is 9.10. The van der Waals surface area contributed by atoms with E-state index in [0.717, 1.165) is 46.4 Å². The number of amides is 1. The van der Waals surface area contributed by atoms with Crippen molar-refractivity contribution < 1.29 is 9.53 Å². The van der Waals surface area contributed by atoms with E-state index in [2.05, 4.69) is 20.9 Å². The van der Waals surface area contributed by atoms with Gasteiger partial charge in [0.1, 0.15) is 21.7 Å². The number of rotatable bonds is 3. The predicted molar refractivity (Wildman–Crippen MR) is 121 cm³/mol. The number of methoxy groups -OCH3 is 1. The quantitative estimate of drug-likeness (QED) is 0.567. The van der Waals surface area contributed by atoms with Crippen molar-refractivity contribution in [3.63, 3.8) is 0 Å². The number of halogens is 2. The van der Waals surface area contributed by atoms with Crippen LogP contribution in [-0.4, -0.2) is 51.1 Å². The standard InChI is InChI=1S/C21H22BrN5O2.ClH/c1-26-18-14(25-20(26)13-4-3-7-24-19(13)22)8-12(9-16(18)29-2)21(28)27-10-11-5-6-15(27)17(11)23;/h3-4,7-9,11,15,17H,5-6,10,23H2,1-2H3;1H/t11-,15-,17-;/m1./s1. The van der Waals surface area contributed by atoms with Crippen LogP contribution in [0, 0.1) is 5.92 Å². The van der Waals surface area contributed by atoms with Gasteiger partial charge in [0.05, 0.1) is 18.2 Å². The molecule has 9 heteroatoms. The van der Waals surface area contributed by atoms with Crippen LogP contribution < -0.4 is 10.5 Å². The average molecular weight is 493 g/mol. The third-order valence-corrected chi connectivity index (χ3v) is 6.95. The number of aromatic nitrogens is 3. The van der Waals surface area contributed by atoms with Gasteiger partial charge in [0, 0.05) is 37.4 Å². The van der Waals surface area contributed by atoms with E-state index in [1.165, 1.54) is 0 Å². The van der Waals surface area contributed by atoms with E-state index in [0.29, 0.717) is 17.2 Å². The van der Waals surface area contributed by atoms with Gasteiger partial charge in [-0.1, -0.05) is 0 Å². The van der Waals surface area contributed by atoms with E-state index in [4.69, 9.17) is 15.5 Å². The molecular formula is C21H23BrClN5O2. The molecule has 1 amide bonds. The number of fused-ring (bicyclic) bond motifs is 3. The molecule has 2 fully saturated rings. The number of hydrogen-bond acceptors (Lipinski definition) is 5. The van der Waals surface area contributed by atoms with Gasteiger partial charge < -0.3 is 19.9 Å². The molecule has 0 spiro atoms. The Labute approximate surface area is 189 Å². The average Bonchev–Trinajstić information content (AvgIpc) is 3.37. The maximum atomic E-state index is 13.3. The molecule has 7 nitrogen and oxygen atoms in total. The second kappa shape index (κ2) is 7.83. The van der Waals surface area contributed by atoms with E-state index >= 15 is 0 Å². The number of ether oxygens (including phenoxy) is 1. The highest BCUT2D eigenvalue weighted by Crippen LogP contribution is 2.39. The summed E-state index contributed by atoms with van der Waals surface area (Å²) in [6.45, 7) is 0.737. The second-order valence-corrected chi connectivity index (χ2v) is 8.57. The lowest BCUT2D eigenvalue weighted by molar-refractivity contribution is 0.0700. The molecule has 0 radical (unpaired) electrons. The highest BCUT2D eigenvalue weighted by atomic mass is 79.9. The first-order chi connectivity index (χ1) is 14.0. The zero-order valence-corrected chi connectivity index (χ0v) is 19.1. The van der Waals surface area contributed by atoms with Crippen LogP contribution in [0.3, 0.4) is 0 Å². The van der Waals surface area contributed by atoms with Crippen LogP contribution in [0.15, 0.2) is 35.1 Å². The van der Waals surface area contributed by atoms with E-state index in [1.54, 1.807) is 13.3 Å². The van der Waals surface area contributed by atoms with E-state index in [9.17, 15) is 4.79 Å². The zero-order chi connectivity index (χ0) is 20.3. The molecule has 1 aromatic carbocycles. The van der Waals surface area contributed by atoms with Crippen molar-refractivity contribution in [2.24, 2.45) is 18.7 Å². The van der Waals surface area contributed by atoms with Crippen molar-refractivity contribution in [3.05, 3.63) is 40.6 Å². The smallest absolute Gasteiger partial charge is 0.254 e. The number of benzene rings is 1. The number of pyridine rings is 1. The van der Waals surface area contributed by atoms with Crippen LogP contribution in [0.2, 0.25) is 0 Å². The Balaban J connectivity index is 0.00000218.